The predicted octanol–water partition coefficient (Wildman–Crippen LogP) is 1.62. The second-order valence-corrected chi connectivity index (χ2v) is 8.99. The van der Waals surface area contributed by atoms with Gasteiger partial charge in [0.2, 0.25) is 5.91 Å². The first-order valence-corrected chi connectivity index (χ1v) is 10.9. The van der Waals surface area contributed by atoms with Gasteiger partial charge in [0.25, 0.3) is 0 Å². The number of ether oxygens (including phenoxy) is 1. The second-order valence-electron chi connectivity index (χ2n) is 7.93. The van der Waals surface area contributed by atoms with Crippen LogP contribution in [0.15, 0.2) is 35.3 Å². The number of fused-ring (bicyclic) bond motifs is 1. The van der Waals surface area contributed by atoms with Crippen molar-refractivity contribution in [1.29, 1.82) is 0 Å². The van der Waals surface area contributed by atoms with E-state index in [4.69, 9.17) is 4.74 Å². The number of amidine groups is 1. The summed E-state index contributed by atoms with van der Waals surface area (Å²) in [5.41, 5.74) is 1.08. The van der Waals surface area contributed by atoms with Crippen LogP contribution in [0.25, 0.3) is 0 Å². The summed E-state index contributed by atoms with van der Waals surface area (Å²) in [7, 11) is 0. The molecular weight excluding hydrogens is 360 g/mol. The van der Waals surface area contributed by atoms with Crippen molar-refractivity contribution in [2.24, 2.45) is 4.99 Å². The van der Waals surface area contributed by atoms with Gasteiger partial charge in [-0.25, -0.2) is 0 Å². The van der Waals surface area contributed by atoms with Crippen LogP contribution in [0.4, 0.5) is 0 Å². The molecule has 4 aliphatic heterocycles. The Morgan fingerprint density at radius 3 is 2.78 bits per heavy atom. The lowest BCUT2D eigenvalue weighted by atomic mass is 9.91. The number of hydrogen-bond donors (Lipinski definition) is 0. The van der Waals surface area contributed by atoms with Gasteiger partial charge in [-0.3, -0.25) is 14.7 Å². The summed E-state index contributed by atoms with van der Waals surface area (Å²) in [5, 5.41) is 1.20. The highest BCUT2D eigenvalue weighted by molar-refractivity contribution is 8.14. The maximum atomic E-state index is 12.7. The van der Waals surface area contributed by atoms with Crippen LogP contribution in [0.3, 0.4) is 0 Å². The molecule has 27 heavy (non-hydrogen) atoms. The lowest BCUT2D eigenvalue weighted by Crippen LogP contribution is -2.53. The SMILES string of the molecule is O=C1CN(Cc2ccccc2)CC2OC3(CCN(C4=NCCS4)CC3)CN12. The number of hydrogen-bond acceptors (Lipinski definition) is 6. The van der Waals surface area contributed by atoms with Crippen molar-refractivity contribution < 1.29 is 9.53 Å². The van der Waals surface area contributed by atoms with Crippen LogP contribution >= 0.6 is 11.8 Å². The Hall–Kier alpha value is -1.57. The number of nitrogens with zero attached hydrogens (tertiary/aromatic N) is 4. The fraction of sp³-hybridized carbons (Fsp3) is 0.600. The van der Waals surface area contributed by atoms with E-state index in [1.165, 1.54) is 10.7 Å². The van der Waals surface area contributed by atoms with Crippen LogP contribution in [-0.4, -0.2) is 82.6 Å². The number of aliphatic imine (C=N–C) groups is 1. The molecule has 0 radical (unpaired) electrons. The fourth-order valence-corrected chi connectivity index (χ4v) is 5.53. The average molecular weight is 387 g/mol. The van der Waals surface area contributed by atoms with E-state index in [9.17, 15) is 4.79 Å². The lowest BCUT2D eigenvalue weighted by molar-refractivity contribution is -0.149. The molecule has 1 atom stereocenters. The van der Waals surface area contributed by atoms with Gasteiger partial charge < -0.3 is 14.5 Å². The van der Waals surface area contributed by atoms with E-state index in [1.807, 2.05) is 22.7 Å². The van der Waals surface area contributed by atoms with Crippen LogP contribution in [0.1, 0.15) is 18.4 Å². The number of carbonyl (C=O) groups is 1. The van der Waals surface area contributed by atoms with Crippen molar-refractivity contribution in [3.63, 3.8) is 0 Å². The average Bonchev–Trinajstić information content (AvgIpc) is 3.32. The topological polar surface area (TPSA) is 48.4 Å². The zero-order valence-electron chi connectivity index (χ0n) is 15.5. The Bertz CT molecular complexity index is 733. The van der Waals surface area contributed by atoms with Gasteiger partial charge in [-0.15, -0.1) is 0 Å². The van der Waals surface area contributed by atoms with Crippen molar-refractivity contribution in [3.8, 4) is 0 Å². The van der Waals surface area contributed by atoms with Gasteiger partial charge in [0.05, 0.1) is 25.2 Å². The highest BCUT2D eigenvalue weighted by Crippen LogP contribution is 2.38. The Morgan fingerprint density at radius 2 is 2.04 bits per heavy atom. The predicted molar refractivity (Wildman–Crippen MR) is 107 cm³/mol. The summed E-state index contributed by atoms with van der Waals surface area (Å²) >= 11 is 1.87. The molecule has 4 heterocycles. The van der Waals surface area contributed by atoms with Gasteiger partial charge in [0.15, 0.2) is 5.17 Å². The molecule has 0 aromatic heterocycles. The van der Waals surface area contributed by atoms with Crippen LogP contribution in [-0.2, 0) is 16.1 Å². The molecule has 1 spiro atoms. The Morgan fingerprint density at radius 1 is 1.22 bits per heavy atom. The minimum absolute atomic E-state index is 0.0975. The number of piperazine rings is 1. The number of likely N-dealkylation sites (tertiary alicyclic amines) is 1. The summed E-state index contributed by atoms with van der Waals surface area (Å²) in [6, 6.07) is 10.4. The smallest absolute Gasteiger partial charge is 0.238 e. The Balaban J connectivity index is 1.22. The number of benzene rings is 1. The first-order valence-electron chi connectivity index (χ1n) is 9.87. The number of amides is 1. The Labute approximate surface area is 164 Å². The standard InChI is InChI=1S/C20H26N4O2S/c25-17-13-22(12-16-4-2-1-3-5-16)14-18-24(17)15-20(26-18)6-9-23(10-7-20)19-21-8-11-27-19/h1-5,18H,6-15H2. The van der Waals surface area contributed by atoms with Crippen molar-refractivity contribution in [2.75, 3.05) is 45.0 Å². The van der Waals surface area contributed by atoms with E-state index in [-0.39, 0.29) is 17.7 Å². The van der Waals surface area contributed by atoms with Gasteiger partial charge in [-0.2, -0.15) is 0 Å². The third kappa shape index (κ3) is 3.48. The van der Waals surface area contributed by atoms with Crippen molar-refractivity contribution in [1.82, 2.24) is 14.7 Å². The van der Waals surface area contributed by atoms with Crippen LogP contribution < -0.4 is 0 Å². The fourth-order valence-electron chi connectivity index (χ4n) is 4.61. The highest BCUT2D eigenvalue weighted by atomic mass is 32.2. The third-order valence-electron chi connectivity index (χ3n) is 6.05. The van der Waals surface area contributed by atoms with E-state index in [0.29, 0.717) is 6.54 Å². The van der Waals surface area contributed by atoms with E-state index in [1.54, 1.807) is 0 Å². The molecule has 0 saturated carbocycles. The first-order chi connectivity index (χ1) is 13.2. The molecule has 3 fully saturated rings. The molecule has 5 rings (SSSR count). The maximum Gasteiger partial charge on any atom is 0.238 e. The van der Waals surface area contributed by atoms with Gasteiger partial charge >= 0.3 is 0 Å². The van der Waals surface area contributed by atoms with Crippen molar-refractivity contribution in [2.45, 2.75) is 31.2 Å². The molecule has 0 N–H and O–H groups in total. The van der Waals surface area contributed by atoms with E-state index in [0.717, 1.165) is 57.9 Å². The second kappa shape index (κ2) is 7.11. The third-order valence-corrected chi connectivity index (χ3v) is 7.08. The molecule has 7 heteroatoms. The summed E-state index contributed by atoms with van der Waals surface area (Å²) in [5.74, 6) is 1.31. The van der Waals surface area contributed by atoms with Gasteiger partial charge in [-0.1, -0.05) is 42.1 Å². The van der Waals surface area contributed by atoms with Gasteiger partial charge in [-0.05, 0) is 18.4 Å². The molecule has 3 saturated heterocycles. The van der Waals surface area contributed by atoms with Crippen molar-refractivity contribution in [3.05, 3.63) is 35.9 Å². The van der Waals surface area contributed by atoms with Crippen LogP contribution in [0.2, 0.25) is 0 Å². The monoisotopic (exact) mass is 386 g/mol. The van der Waals surface area contributed by atoms with Crippen molar-refractivity contribution >= 4 is 22.8 Å². The number of carbonyl (C=O) groups excluding carboxylic acids is 1. The normalized spacial score (nSPS) is 27.9. The van der Waals surface area contributed by atoms with E-state index >= 15 is 0 Å². The zero-order chi connectivity index (χ0) is 18.3. The number of piperidine rings is 1. The van der Waals surface area contributed by atoms with E-state index in [2.05, 4.69) is 39.1 Å². The minimum Gasteiger partial charge on any atom is -0.351 e. The Kier molecular flexibility index (Phi) is 4.61. The summed E-state index contributed by atoms with van der Waals surface area (Å²) in [4.78, 5) is 23.9. The molecule has 0 bridgehead atoms. The molecule has 6 nitrogen and oxygen atoms in total. The molecule has 1 aromatic rings. The number of thioether (sulfide) groups is 1. The summed E-state index contributed by atoms with van der Waals surface area (Å²) < 4.78 is 6.53. The lowest BCUT2D eigenvalue weighted by Gasteiger charge is -2.38. The molecule has 144 valence electrons. The van der Waals surface area contributed by atoms with Gasteiger partial charge in [0.1, 0.15) is 6.23 Å². The molecule has 1 amide bonds. The van der Waals surface area contributed by atoms with Gasteiger partial charge in [0, 0.05) is 31.9 Å². The highest BCUT2D eigenvalue weighted by Gasteiger charge is 2.50. The first kappa shape index (κ1) is 17.5. The molecule has 0 aliphatic carbocycles. The molecule has 1 aromatic carbocycles. The quantitative estimate of drug-likeness (QED) is 0.773. The molecular formula is C20H26N4O2S. The minimum atomic E-state index is -0.163. The summed E-state index contributed by atoms with van der Waals surface area (Å²) in [6.45, 7) is 5.75. The zero-order valence-corrected chi connectivity index (χ0v) is 16.4. The van der Waals surface area contributed by atoms with Crippen LogP contribution in [0.5, 0.6) is 0 Å². The van der Waals surface area contributed by atoms with E-state index < -0.39 is 0 Å². The largest absolute Gasteiger partial charge is 0.351 e. The summed E-state index contributed by atoms with van der Waals surface area (Å²) in [6.07, 6.45) is 1.86. The number of rotatable bonds is 2. The molecule has 4 aliphatic rings. The molecule has 1 unspecified atom stereocenters. The van der Waals surface area contributed by atoms with Crippen LogP contribution in [0, 0.1) is 0 Å². The maximum absolute atomic E-state index is 12.7.